The van der Waals surface area contributed by atoms with Gasteiger partial charge in [0.1, 0.15) is 11.5 Å². The summed E-state index contributed by atoms with van der Waals surface area (Å²) in [5.74, 6) is 11.9. The van der Waals surface area contributed by atoms with Gasteiger partial charge < -0.3 is 9.84 Å². The lowest BCUT2D eigenvalue weighted by Gasteiger charge is -2.00. The highest BCUT2D eigenvalue weighted by molar-refractivity contribution is 7.89. The van der Waals surface area contributed by atoms with Gasteiger partial charge in [0, 0.05) is 29.2 Å². The van der Waals surface area contributed by atoms with Gasteiger partial charge in [-0.25, -0.2) is 27.1 Å². The fraction of sp³-hybridized carbons (Fsp3) is 0.0333. The number of aromatic hydroxyl groups is 1. The van der Waals surface area contributed by atoms with Crippen LogP contribution in [0.2, 0.25) is 0 Å². The lowest BCUT2D eigenvalue weighted by molar-refractivity contribution is -0.131. The van der Waals surface area contributed by atoms with Crippen molar-refractivity contribution in [2.45, 2.75) is 16.7 Å². The number of sulfonamides is 2. The van der Waals surface area contributed by atoms with Crippen molar-refractivity contribution in [2.24, 2.45) is 10.3 Å². The van der Waals surface area contributed by atoms with Crippen LogP contribution in [0.4, 0.5) is 0 Å². The first kappa shape index (κ1) is 30.6. The number of hydrogen-bond acceptors (Lipinski definition) is 7. The predicted octanol–water partition coefficient (Wildman–Crippen LogP) is 3.10. The summed E-state index contributed by atoms with van der Waals surface area (Å²) in [6, 6.07) is 25.2. The van der Waals surface area contributed by atoms with Crippen LogP contribution in [0.5, 0.6) is 11.5 Å². The Morgan fingerprint density at radius 1 is 0.585 bits per heavy atom. The Hall–Kier alpha value is -4.91. The fourth-order valence-electron chi connectivity index (χ4n) is 3.06. The number of ether oxygens (including phenoxy) is 1. The molecule has 41 heavy (non-hydrogen) atoms. The fourth-order valence-corrected chi connectivity index (χ4v) is 4.09. The van der Waals surface area contributed by atoms with Crippen molar-refractivity contribution in [1.29, 1.82) is 0 Å². The molecule has 0 radical (unpaired) electrons. The summed E-state index contributed by atoms with van der Waals surface area (Å²) in [6.07, 6.45) is 0. The second-order valence-electron chi connectivity index (χ2n) is 8.30. The first-order valence-corrected chi connectivity index (χ1v) is 14.8. The Bertz CT molecular complexity index is 1860. The van der Waals surface area contributed by atoms with E-state index in [1.54, 1.807) is 72.8 Å². The summed E-state index contributed by atoms with van der Waals surface area (Å²) in [4.78, 5) is 10.9. The summed E-state index contributed by atoms with van der Waals surface area (Å²) in [6.45, 7) is 1.33. The molecule has 4 aromatic rings. The monoisotopic (exact) mass is 588 g/mol. The van der Waals surface area contributed by atoms with Gasteiger partial charge in [-0.1, -0.05) is 23.7 Å². The molecule has 11 heteroatoms. The standard InChI is InChI=1S/C16H13NO4S.C14H11NO3S/c1-12(18)21-15-8-4-13(5-9-15)2-3-14-6-10-16(11-7-14)22(17,19)20;15-19(17,18)14-9-5-12(6-10-14)2-1-11-3-7-13(16)8-4-11/h4-11H,1H3,(H2,17,19,20);3-10,16H,(H2,15,17,18). The minimum Gasteiger partial charge on any atom is -0.508 e. The molecule has 5 N–H and O–H groups in total. The predicted molar refractivity (Wildman–Crippen MR) is 153 cm³/mol. The molecule has 0 saturated heterocycles. The normalized spacial score (nSPS) is 10.5. The largest absolute Gasteiger partial charge is 0.508 e. The van der Waals surface area contributed by atoms with Crippen molar-refractivity contribution in [3.05, 3.63) is 119 Å². The van der Waals surface area contributed by atoms with Crippen LogP contribution < -0.4 is 15.0 Å². The molecule has 0 aliphatic carbocycles. The van der Waals surface area contributed by atoms with E-state index in [1.165, 1.54) is 31.2 Å². The van der Waals surface area contributed by atoms with E-state index in [-0.39, 0.29) is 21.5 Å². The number of carbonyl (C=O) groups is 1. The van der Waals surface area contributed by atoms with E-state index in [9.17, 15) is 21.6 Å². The minimum atomic E-state index is -3.69. The van der Waals surface area contributed by atoms with E-state index < -0.39 is 20.0 Å². The molecule has 0 atom stereocenters. The molecule has 0 aromatic heterocycles. The van der Waals surface area contributed by atoms with Gasteiger partial charge >= 0.3 is 5.97 Å². The average Bonchev–Trinajstić information content (AvgIpc) is 2.92. The number of esters is 1. The van der Waals surface area contributed by atoms with Crippen LogP contribution in [0.15, 0.2) is 107 Å². The highest BCUT2D eigenvalue weighted by atomic mass is 32.2. The first-order valence-electron chi connectivity index (χ1n) is 11.7. The zero-order valence-electron chi connectivity index (χ0n) is 21.6. The van der Waals surface area contributed by atoms with Gasteiger partial charge in [-0.05, 0) is 97.1 Å². The second kappa shape index (κ2) is 13.4. The summed E-state index contributed by atoms with van der Waals surface area (Å²) in [7, 11) is -7.36. The van der Waals surface area contributed by atoms with Crippen molar-refractivity contribution in [3.63, 3.8) is 0 Å². The third-order valence-electron chi connectivity index (χ3n) is 5.05. The second-order valence-corrected chi connectivity index (χ2v) is 11.4. The topological polar surface area (TPSA) is 167 Å². The molecule has 9 nitrogen and oxygen atoms in total. The van der Waals surface area contributed by atoms with Gasteiger partial charge in [-0.2, -0.15) is 0 Å². The van der Waals surface area contributed by atoms with Gasteiger partial charge in [0.15, 0.2) is 0 Å². The zero-order chi connectivity index (χ0) is 30.0. The van der Waals surface area contributed by atoms with Crippen molar-refractivity contribution in [2.75, 3.05) is 0 Å². The number of nitrogens with two attached hydrogens (primary N) is 2. The number of rotatable bonds is 3. The van der Waals surface area contributed by atoms with Crippen molar-refractivity contribution >= 4 is 26.0 Å². The third kappa shape index (κ3) is 10.3. The third-order valence-corrected chi connectivity index (χ3v) is 6.91. The Balaban J connectivity index is 0.000000228. The van der Waals surface area contributed by atoms with Crippen LogP contribution >= 0.6 is 0 Å². The highest BCUT2D eigenvalue weighted by Gasteiger charge is 2.06. The number of primary sulfonamides is 2. The van der Waals surface area contributed by atoms with Gasteiger partial charge in [0.05, 0.1) is 9.79 Å². The van der Waals surface area contributed by atoms with Crippen molar-refractivity contribution in [1.82, 2.24) is 0 Å². The molecular weight excluding hydrogens is 564 g/mol. The van der Waals surface area contributed by atoms with E-state index in [0.717, 1.165) is 11.1 Å². The van der Waals surface area contributed by atoms with Crippen LogP contribution in [0.25, 0.3) is 0 Å². The van der Waals surface area contributed by atoms with E-state index in [1.807, 2.05) is 0 Å². The van der Waals surface area contributed by atoms with E-state index in [2.05, 4.69) is 23.7 Å². The Morgan fingerprint density at radius 3 is 1.17 bits per heavy atom. The average molecular weight is 589 g/mol. The van der Waals surface area contributed by atoms with E-state index in [0.29, 0.717) is 16.9 Å². The molecule has 0 fully saturated rings. The number of phenols is 1. The zero-order valence-corrected chi connectivity index (χ0v) is 23.2. The SMILES string of the molecule is CC(=O)Oc1ccc(C#Cc2ccc(S(N)(=O)=O)cc2)cc1.NS(=O)(=O)c1ccc(C#Cc2ccc(O)cc2)cc1. The quantitative estimate of drug-likeness (QED) is 0.188. The van der Waals surface area contributed by atoms with Gasteiger partial charge in [0.2, 0.25) is 20.0 Å². The molecule has 0 spiro atoms. The van der Waals surface area contributed by atoms with Crippen molar-refractivity contribution in [3.8, 4) is 35.2 Å². The van der Waals surface area contributed by atoms with E-state index >= 15 is 0 Å². The molecule has 4 aromatic carbocycles. The lowest BCUT2D eigenvalue weighted by atomic mass is 10.2. The summed E-state index contributed by atoms with van der Waals surface area (Å²) in [5.41, 5.74) is 2.84. The number of benzene rings is 4. The maximum absolute atomic E-state index is 11.1. The summed E-state index contributed by atoms with van der Waals surface area (Å²) in [5, 5.41) is 19.2. The first-order chi connectivity index (χ1) is 19.3. The van der Waals surface area contributed by atoms with Crippen LogP contribution in [-0.4, -0.2) is 27.9 Å². The van der Waals surface area contributed by atoms with Gasteiger partial charge in [0.25, 0.3) is 0 Å². The van der Waals surface area contributed by atoms with Gasteiger partial charge in [-0.15, -0.1) is 0 Å². The highest BCUT2D eigenvalue weighted by Crippen LogP contribution is 2.13. The molecule has 0 bridgehead atoms. The molecule has 0 saturated carbocycles. The molecule has 0 aliphatic heterocycles. The molecule has 4 rings (SSSR count). The molecule has 0 heterocycles. The molecule has 208 valence electrons. The summed E-state index contributed by atoms with van der Waals surface area (Å²) < 4.78 is 49.3. The lowest BCUT2D eigenvalue weighted by Crippen LogP contribution is -2.11. The number of carbonyl (C=O) groups excluding carboxylic acids is 1. The van der Waals surface area contributed by atoms with Crippen LogP contribution in [0.3, 0.4) is 0 Å². The molecule has 0 aliphatic rings. The Labute approximate surface area is 238 Å². The Kier molecular flexibility index (Phi) is 10.0. The summed E-state index contributed by atoms with van der Waals surface area (Å²) >= 11 is 0. The van der Waals surface area contributed by atoms with Crippen LogP contribution in [0, 0.1) is 23.7 Å². The van der Waals surface area contributed by atoms with Crippen molar-refractivity contribution < 1.29 is 31.5 Å². The minimum absolute atomic E-state index is 0.0452. The molecule has 0 amide bonds. The molecular formula is C30H24N2O7S2. The number of hydrogen-bond donors (Lipinski definition) is 3. The van der Waals surface area contributed by atoms with Crippen LogP contribution in [0.1, 0.15) is 29.2 Å². The number of phenolic OH excluding ortho intramolecular Hbond substituents is 1. The molecule has 0 unspecified atom stereocenters. The maximum Gasteiger partial charge on any atom is 0.308 e. The smallest absolute Gasteiger partial charge is 0.308 e. The van der Waals surface area contributed by atoms with Crippen LogP contribution in [-0.2, 0) is 24.8 Å². The Morgan fingerprint density at radius 2 is 0.878 bits per heavy atom. The van der Waals surface area contributed by atoms with E-state index in [4.69, 9.17) is 20.1 Å². The maximum atomic E-state index is 11.1. The van der Waals surface area contributed by atoms with Gasteiger partial charge in [-0.3, -0.25) is 4.79 Å².